The molecule has 4 heterocycles. The van der Waals surface area contributed by atoms with Crippen LogP contribution in [0.3, 0.4) is 0 Å². The van der Waals surface area contributed by atoms with Crippen LogP contribution in [0.15, 0.2) is 42.7 Å². The molecule has 0 spiro atoms. The number of benzene rings is 1. The summed E-state index contributed by atoms with van der Waals surface area (Å²) in [5, 5.41) is 11.6. The van der Waals surface area contributed by atoms with Crippen LogP contribution >= 0.6 is 11.3 Å². The van der Waals surface area contributed by atoms with Crippen molar-refractivity contribution < 1.29 is 23.1 Å². The Morgan fingerprint density at radius 3 is 2.58 bits per heavy atom. The van der Waals surface area contributed by atoms with Gasteiger partial charge in [-0.25, -0.2) is 18.4 Å². The highest BCUT2D eigenvalue weighted by Gasteiger charge is 2.26. The van der Waals surface area contributed by atoms with Crippen LogP contribution in [0.2, 0.25) is 0 Å². The van der Waals surface area contributed by atoms with Crippen molar-refractivity contribution in [2.75, 3.05) is 5.32 Å². The summed E-state index contributed by atoms with van der Waals surface area (Å²) in [5.41, 5.74) is 8.76. The molecule has 4 aromatic heterocycles. The van der Waals surface area contributed by atoms with Gasteiger partial charge in [-0.05, 0) is 55.7 Å². The first-order valence-corrected chi connectivity index (χ1v) is 12.9. The van der Waals surface area contributed by atoms with Gasteiger partial charge in [0.15, 0.2) is 12.4 Å². The quantitative estimate of drug-likeness (QED) is 0.268. The number of hydrogen-bond donors (Lipinski definition) is 2. The lowest BCUT2D eigenvalue weighted by atomic mass is 10.0. The average molecular weight is 566 g/mol. The van der Waals surface area contributed by atoms with Crippen molar-refractivity contribution in [1.82, 2.24) is 24.5 Å². The fourth-order valence-electron chi connectivity index (χ4n) is 4.33. The van der Waals surface area contributed by atoms with Crippen LogP contribution < -0.4 is 15.8 Å². The summed E-state index contributed by atoms with van der Waals surface area (Å²) in [5.74, 6) is -0.760. The Morgan fingerprint density at radius 1 is 1.12 bits per heavy atom. The molecule has 0 saturated carbocycles. The molecule has 0 atom stereocenters. The van der Waals surface area contributed by atoms with Gasteiger partial charge < -0.3 is 15.8 Å². The number of aryl methyl sites for hydroxylation is 4. The van der Waals surface area contributed by atoms with E-state index in [1.807, 2.05) is 32.0 Å². The Morgan fingerprint density at radius 2 is 1.90 bits per heavy atom. The van der Waals surface area contributed by atoms with Crippen molar-refractivity contribution in [2.24, 2.45) is 12.8 Å². The number of anilines is 1. The van der Waals surface area contributed by atoms with Gasteiger partial charge in [0.1, 0.15) is 21.2 Å². The zero-order valence-corrected chi connectivity index (χ0v) is 22.8. The molecular weight excluding hydrogens is 540 g/mol. The van der Waals surface area contributed by atoms with E-state index < -0.39 is 23.9 Å². The fraction of sp³-hybridized carbons (Fsp3) is 0.222. The first-order chi connectivity index (χ1) is 19.0. The second-order valence-corrected chi connectivity index (χ2v) is 10.3. The number of amides is 2. The summed E-state index contributed by atoms with van der Waals surface area (Å²) < 4.78 is 36.4. The molecule has 0 bridgehead atoms. The van der Waals surface area contributed by atoms with Gasteiger partial charge >= 0.3 is 0 Å². The molecule has 206 valence electrons. The molecule has 5 aromatic rings. The number of ether oxygens (including phenoxy) is 1. The third-order valence-corrected chi connectivity index (χ3v) is 7.34. The molecule has 0 fully saturated rings. The number of nitrogens with two attached hydrogens (primary N) is 1. The molecule has 0 unspecified atom stereocenters. The van der Waals surface area contributed by atoms with Gasteiger partial charge in [0, 0.05) is 30.4 Å². The summed E-state index contributed by atoms with van der Waals surface area (Å²) in [4.78, 5) is 29.8. The Hall–Kier alpha value is -4.65. The normalized spacial score (nSPS) is 11.4. The molecule has 2 amide bonds. The molecule has 5 rings (SSSR count). The number of pyridine rings is 1. The van der Waals surface area contributed by atoms with E-state index in [0.29, 0.717) is 28.0 Å². The van der Waals surface area contributed by atoms with Crippen LogP contribution in [-0.4, -0.2) is 36.4 Å². The van der Waals surface area contributed by atoms with Crippen LogP contribution in [0.4, 0.5) is 14.5 Å². The Kier molecular flexibility index (Phi) is 7.06. The molecule has 0 aliphatic carbocycles. The van der Waals surface area contributed by atoms with E-state index in [-0.39, 0.29) is 27.8 Å². The number of aromatic nitrogens is 5. The maximum Gasteiger partial charge on any atom is 0.280 e. The number of nitrogens with zero attached hydrogens (tertiary/aromatic N) is 5. The van der Waals surface area contributed by atoms with Crippen LogP contribution in [0.5, 0.6) is 5.75 Å². The van der Waals surface area contributed by atoms with E-state index in [9.17, 15) is 18.4 Å². The Balaban J connectivity index is 1.51. The molecule has 0 aliphatic heterocycles. The third-order valence-electron chi connectivity index (χ3n) is 6.24. The van der Waals surface area contributed by atoms with Gasteiger partial charge in [-0.15, -0.1) is 11.3 Å². The predicted molar refractivity (Wildman–Crippen MR) is 147 cm³/mol. The molecule has 0 aliphatic rings. The van der Waals surface area contributed by atoms with Crippen molar-refractivity contribution in [3.8, 4) is 16.9 Å². The Bertz CT molecular complexity index is 1770. The lowest BCUT2D eigenvalue weighted by molar-refractivity contribution is 0.100. The van der Waals surface area contributed by atoms with Crippen molar-refractivity contribution in [1.29, 1.82) is 0 Å². The molecule has 1 aromatic carbocycles. The minimum atomic E-state index is -2.85. The van der Waals surface area contributed by atoms with Crippen molar-refractivity contribution in [3.05, 3.63) is 75.8 Å². The maximum atomic E-state index is 13.7. The minimum absolute atomic E-state index is 0.0252. The minimum Gasteiger partial charge on any atom is -0.471 e. The van der Waals surface area contributed by atoms with Gasteiger partial charge in [-0.2, -0.15) is 10.2 Å². The molecule has 0 saturated heterocycles. The standard InChI is InChI=1S/C27H25F2N7O3S/c1-13-5-6-14(2)20(9-13)39-12-36-8-7-18(34-36)26(38)32-22-21-16(17-11-35(4)33-15(17)3)10-19(24(28)29)31-27(21)40-23(22)25(30)37/h5-11,24H,12H2,1-4H3,(H2,30,37)(H,32,38). The summed E-state index contributed by atoms with van der Waals surface area (Å²) in [6, 6.07) is 8.59. The lowest BCUT2D eigenvalue weighted by Gasteiger charge is -2.10. The molecule has 10 nitrogen and oxygen atoms in total. The highest BCUT2D eigenvalue weighted by atomic mass is 32.1. The van der Waals surface area contributed by atoms with Crippen LogP contribution in [0.1, 0.15) is 49.1 Å². The van der Waals surface area contributed by atoms with E-state index in [1.165, 1.54) is 16.8 Å². The number of thiophene rings is 1. The van der Waals surface area contributed by atoms with E-state index in [1.54, 1.807) is 31.0 Å². The van der Waals surface area contributed by atoms with E-state index in [4.69, 9.17) is 10.5 Å². The van der Waals surface area contributed by atoms with Crippen LogP contribution in [0.25, 0.3) is 21.3 Å². The summed E-state index contributed by atoms with van der Waals surface area (Å²) in [7, 11) is 1.70. The number of alkyl halides is 2. The van der Waals surface area contributed by atoms with E-state index >= 15 is 0 Å². The number of rotatable bonds is 8. The second kappa shape index (κ2) is 10.5. The van der Waals surface area contributed by atoms with Crippen molar-refractivity contribution in [3.63, 3.8) is 0 Å². The molecule has 3 N–H and O–H groups in total. The number of carbonyl (C=O) groups is 2. The first kappa shape index (κ1) is 26.9. The Labute approximate surface area is 231 Å². The van der Waals surface area contributed by atoms with Gasteiger partial charge in [0.25, 0.3) is 18.2 Å². The van der Waals surface area contributed by atoms with Gasteiger partial charge in [-0.1, -0.05) is 12.1 Å². The van der Waals surface area contributed by atoms with Crippen LogP contribution in [0, 0.1) is 20.8 Å². The molecule has 13 heteroatoms. The largest absolute Gasteiger partial charge is 0.471 e. The first-order valence-electron chi connectivity index (χ1n) is 12.1. The maximum absolute atomic E-state index is 13.7. The third kappa shape index (κ3) is 5.15. The number of primary amides is 1. The summed E-state index contributed by atoms with van der Waals surface area (Å²) in [6.45, 7) is 5.69. The second-order valence-electron chi connectivity index (χ2n) is 9.28. The average Bonchev–Trinajstić information content (AvgIpc) is 3.61. The van der Waals surface area contributed by atoms with Crippen molar-refractivity contribution in [2.45, 2.75) is 33.9 Å². The molecule has 40 heavy (non-hydrogen) atoms. The monoisotopic (exact) mass is 565 g/mol. The fourth-order valence-corrected chi connectivity index (χ4v) is 5.34. The summed E-state index contributed by atoms with van der Waals surface area (Å²) in [6.07, 6.45) is 0.401. The van der Waals surface area contributed by atoms with E-state index in [2.05, 4.69) is 20.5 Å². The zero-order chi connectivity index (χ0) is 28.7. The summed E-state index contributed by atoms with van der Waals surface area (Å²) >= 11 is 0.829. The zero-order valence-electron chi connectivity index (χ0n) is 22.0. The molecule has 0 radical (unpaired) electrons. The molecular formula is C27H25F2N7O3S. The number of halogens is 2. The van der Waals surface area contributed by atoms with Gasteiger partial charge in [0.2, 0.25) is 0 Å². The van der Waals surface area contributed by atoms with Crippen LogP contribution in [-0.2, 0) is 13.8 Å². The van der Waals surface area contributed by atoms with Crippen molar-refractivity contribution >= 4 is 39.1 Å². The number of hydrogen-bond acceptors (Lipinski definition) is 7. The number of nitrogens with one attached hydrogen (secondary N) is 1. The predicted octanol–water partition coefficient (Wildman–Crippen LogP) is 5.14. The topological polar surface area (TPSA) is 130 Å². The smallest absolute Gasteiger partial charge is 0.280 e. The van der Waals surface area contributed by atoms with Gasteiger partial charge in [0.05, 0.1) is 11.4 Å². The SMILES string of the molecule is Cc1ccc(C)c(OCn2ccc(C(=O)Nc3c(C(N)=O)sc4nc(C(F)F)cc(-c5cn(C)nc5C)c34)n2)c1. The highest BCUT2D eigenvalue weighted by molar-refractivity contribution is 7.21. The van der Waals surface area contributed by atoms with E-state index in [0.717, 1.165) is 22.5 Å². The number of fused-ring (bicyclic) bond motifs is 1. The highest BCUT2D eigenvalue weighted by Crippen LogP contribution is 2.43. The van der Waals surface area contributed by atoms with Gasteiger partial charge in [-0.3, -0.25) is 14.3 Å². The number of carbonyl (C=O) groups excluding carboxylic acids is 2. The lowest BCUT2D eigenvalue weighted by Crippen LogP contribution is -2.18.